The first-order chi connectivity index (χ1) is 12.7. The van der Waals surface area contributed by atoms with Gasteiger partial charge in [0.25, 0.3) is 0 Å². The van der Waals surface area contributed by atoms with Crippen LogP contribution in [0, 0.1) is 0 Å². The third-order valence-corrected chi connectivity index (χ3v) is 7.83. The number of halogens is 1. The molecule has 0 aromatic heterocycles. The Morgan fingerprint density at radius 3 is 2.41 bits per heavy atom. The van der Waals surface area contributed by atoms with Crippen LogP contribution in [-0.4, -0.2) is 33.4 Å². The molecule has 0 bridgehead atoms. The fourth-order valence-electron chi connectivity index (χ4n) is 3.03. The van der Waals surface area contributed by atoms with Crippen molar-refractivity contribution in [3.05, 3.63) is 64.2 Å². The van der Waals surface area contributed by atoms with Crippen LogP contribution in [0.15, 0.2) is 42.5 Å². The van der Waals surface area contributed by atoms with E-state index in [4.69, 9.17) is 11.6 Å². The first kappa shape index (κ1) is 20.1. The van der Waals surface area contributed by atoms with Crippen LogP contribution in [0.4, 0.5) is 5.69 Å². The van der Waals surface area contributed by atoms with E-state index in [1.165, 1.54) is 4.31 Å². The maximum absolute atomic E-state index is 12.4. The number of anilines is 1. The number of hydrogen-bond acceptors (Lipinski definition) is 4. The van der Waals surface area contributed by atoms with Crippen LogP contribution in [0.2, 0.25) is 5.02 Å². The second kappa shape index (κ2) is 7.79. The number of nitrogens with one attached hydrogen (secondary N) is 1. The molecule has 0 saturated carbocycles. The molecule has 146 valence electrons. The van der Waals surface area contributed by atoms with Gasteiger partial charge in [-0.3, -0.25) is 4.72 Å². The number of benzene rings is 2. The molecule has 3 rings (SSSR count). The van der Waals surface area contributed by atoms with E-state index in [0.29, 0.717) is 29.2 Å². The Hall–Kier alpha value is -1.61. The second-order valence-electron chi connectivity index (χ2n) is 6.46. The first-order valence-corrected chi connectivity index (χ1v) is 12.2. The molecule has 0 atom stereocenters. The zero-order chi connectivity index (χ0) is 19.7. The van der Waals surface area contributed by atoms with E-state index in [0.717, 1.165) is 11.1 Å². The molecule has 1 N–H and O–H groups in total. The van der Waals surface area contributed by atoms with Crippen molar-refractivity contribution in [3.8, 4) is 0 Å². The largest absolute Gasteiger partial charge is 0.283 e. The van der Waals surface area contributed by atoms with E-state index >= 15 is 0 Å². The van der Waals surface area contributed by atoms with E-state index in [1.54, 1.807) is 43.3 Å². The van der Waals surface area contributed by atoms with Crippen molar-refractivity contribution in [1.82, 2.24) is 4.31 Å². The summed E-state index contributed by atoms with van der Waals surface area (Å²) in [6, 6.07) is 11.9. The van der Waals surface area contributed by atoms with Gasteiger partial charge < -0.3 is 0 Å². The summed E-state index contributed by atoms with van der Waals surface area (Å²) in [4.78, 5) is 0. The molecule has 1 heterocycles. The van der Waals surface area contributed by atoms with E-state index in [2.05, 4.69) is 4.72 Å². The molecule has 6 nitrogen and oxygen atoms in total. The van der Waals surface area contributed by atoms with Gasteiger partial charge in [-0.1, -0.05) is 29.8 Å². The Morgan fingerprint density at radius 1 is 1.04 bits per heavy atom. The third-order valence-electron chi connectivity index (χ3n) is 4.48. The van der Waals surface area contributed by atoms with Gasteiger partial charge in [0, 0.05) is 23.8 Å². The van der Waals surface area contributed by atoms with Crippen LogP contribution in [0.3, 0.4) is 0 Å². The van der Waals surface area contributed by atoms with Crippen molar-refractivity contribution in [2.24, 2.45) is 0 Å². The van der Waals surface area contributed by atoms with Crippen molar-refractivity contribution in [1.29, 1.82) is 0 Å². The fourth-order valence-corrected chi connectivity index (χ4v) is 5.42. The molecule has 0 unspecified atom stereocenters. The predicted octanol–water partition coefficient (Wildman–Crippen LogP) is 2.99. The summed E-state index contributed by atoms with van der Waals surface area (Å²) in [6.07, 6.45) is 0.617. The maximum Gasteiger partial charge on any atom is 0.236 e. The lowest BCUT2D eigenvalue weighted by Gasteiger charge is -2.28. The lowest BCUT2D eigenvalue weighted by molar-refractivity contribution is 0.392. The van der Waals surface area contributed by atoms with Crippen LogP contribution in [0.5, 0.6) is 0 Å². The summed E-state index contributed by atoms with van der Waals surface area (Å²) in [5.74, 6) is -0.118. The zero-order valence-corrected chi connectivity index (χ0v) is 17.2. The Kier molecular flexibility index (Phi) is 5.81. The molecule has 0 fully saturated rings. The van der Waals surface area contributed by atoms with Crippen LogP contribution in [-0.2, 0) is 38.8 Å². The highest BCUT2D eigenvalue weighted by Crippen LogP contribution is 2.25. The molecule has 27 heavy (non-hydrogen) atoms. The average molecular weight is 429 g/mol. The maximum atomic E-state index is 12.4. The second-order valence-corrected chi connectivity index (χ2v) is 10.9. The predicted molar refractivity (Wildman–Crippen MR) is 108 cm³/mol. The summed E-state index contributed by atoms with van der Waals surface area (Å²) >= 11 is 5.82. The smallest absolute Gasteiger partial charge is 0.236 e. The van der Waals surface area contributed by atoms with Gasteiger partial charge in [0.2, 0.25) is 20.0 Å². The number of hydrogen-bond donors (Lipinski definition) is 1. The standard InChI is InChI=1S/C18H21ClN2O4S2/c1-2-27(24,25)21-10-9-15-5-8-18(11-16(15)12-21)20-26(22,23)13-14-3-6-17(19)7-4-14/h3-8,11,20H,2,9-10,12-13H2,1H3. The fraction of sp³-hybridized carbons (Fsp3) is 0.333. The Labute approximate surface area is 165 Å². The zero-order valence-electron chi connectivity index (χ0n) is 14.9. The van der Waals surface area contributed by atoms with Crippen LogP contribution < -0.4 is 4.72 Å². The van der Waals surface area contributed by atoms with Crippen molar-refractivity contribution in [2.45, 2.75) is 25.6 Å². The van der Waals surface area contributed by atoms with Gasteiger partial charge in [0.05, 0.1) is 11.5 Å². The van der Waals surface area contributed by atoms with Crippen LogP contribution >= 0.6 is 11.6 Å². The summed E-state index contributed by atoms with van der Waals surface area (Å²) in [5.41, 5.74) is 2.92. The molecule has 1 aliphatic heterocycles. The molecule has 2 aromatic rings. The minimum atomic E-state index is -3.60. The molecule has 0 aliphatic carbocycles. The molecular weight excluding hydrogens is 408 g/mol. The summed E-state index contributed by atoms with van der Waals surface area (Å²) in [5, 5.41) is 0.547. The monoisotopic (exact) mass is 428 g/mol. The summed E-state index contributed by atoms with van der Waals surface area (Å²) in [6.45, 7) is 2.33. The van der Waals surface area contributed by atoms with Gasteiger partial charge >= 0.3 is 0 Å². The Morgan fingerprint density at radius 2 is 1.74 bits per heavy atom. The lowest BCUT2D eigenvalue weighted by Crippen LogP contribution is -2.36. The molecule has 0 saturated heterocycles. The molecule has 0 radical (unpaired) electrons. The number of fused-ring (bicyclic) bond motifs is 1. The minimum absolute atomic E-state index is 0.0513. The van der Waals surface area contributed by atoms with Gasteiger partial charge in [0.15, 0.2) is 0 Å². The summed E-state index contributed by atoms with van der Waals surface area (Å²) < 4.78 is 53.1. The minimum Gasteiger partial charge on any atom is -0.283 e. The van der Waals surface area contributed by atoms with E-state index in [1.807, 2.05) is 6.07 Å². The van der Waals surface area contributed by atoms with Gasteiger partial charge in [0.1, 0.15) is 0 Å². The van der Waals surface area contributed by atoms with Crippen LogP contribution in [0.1, 0.15) is 23.6 Å². The highest BCUT2D eigenvalue weighted by Gasteiger charge is 2.25. The molecule has 0 spiro atoms. The topological polar surface area (TPSA) is 83.6 Å². The highest BCUT2D eigenvalue weighted by molar-refractivity contribution is 7.91. The van der Waals surface area contributed by atoms with Gasteiger partial charge in [-0.05, 0) is 54.3 Å². The van der Waals surface area contributed by atoms with Crippen molar-refractivity contribution in [2.75, 3.05) is 17.0 Å². The van der Waals surface area contributed by atoms with E-state index in [-0.39, 0.29) is 18.1 Å². The van der Waals surface area contributed by atoms with Crippen molar-refractivity contribution < 1.29 is 16.8 Å². The van der Waals surface area contributed by atoms with Crippen molar-refractivity contribution in [3.63, 3.8) is 0 Å². The quantitative estimate of drug-likeness (QED) is 0.766. The average Bonchev–Trinajstić information content (AvgIpc) is 2.62. The molecule has 1 aliphatic rings. The van der Waals surface area contributed by atoms with Gasteiger partial charge in [-0.25, -0.2) is 16.8 Å². The number of rotatable bonds is 6. The third kappa shape index (κ3) is 5.01. The Bertz CT molecular complexity index is 1040. The van der Waals surface area contributed by atoms with E-state index < -0.39 is 20.0 Å². The Balaban J connectivity index is 1.77. The number of nitrogens with zero attached hydrogens (tertiary/aromatic N) is 1. The lowest BCUT2D eigenvalue weighted by atomic mass is 10.0. The molecule has 9 heteroatoms. The van der Waals surface area contributed by atoms with Gasteiger partial charge in [-0.15, -0.1) is 0 Å². The molecular formula is C18H21ClN2O4S2. The normalized spacial score (nSPS) is 15.3. The first-order valence-electron chi connectivity index (χ1n) is 8.53. The molecule has 0 amide bonds. The van der Waals surface area contributed by atoms with Crippen molar-refractivity contribution >= 4 is 37.3 Å². The van der Waals surface area contributed by atoms with E-state index in [9.17, 15) is 16.8 Å². The summed E-state index contributed by atoms with van der Waals surface area (Å²) in [7, 11) is -6.87. The molecule has 2 aromatic carbocycles. The highest BCUT2D eigenvalue weighted by atomic mass is 35.5. The van der Waals surface area contributed by atoms with Gasteiger partial charge in [-0.2, -0.15) is 4.31 Å². The number of sulfonamides is 2. The van der Waals surface area contributed by atoms with Crippen LogP contribution in [0.25, 0.3) is 0 Å². The SMILES string of the molecule is CCS(=O)(=O)N1CCc2ccc(NS(=O)(=O)Cc3ccc(Cl)cc3)cc2C1.